The summed E-state index contributed by atoms with van der Waals surface area (Å²) in [6.45, 7) is 4.06. The molecule has 0 spiro atoms. The lowest BCUT2D eigenvalue weighted by Gasteiger charge is -2.32. The number of benzene rings is 2. The van der Waals surface area contributed by atoms with E-state index in [1.807, 2.05) is 19.2 Å². The molecule has 0 saturated heterocycles. The van der Waals surface area contributed by atoms with Crippen molar-refractivity contribution < 1.29 is 14.6 Å². The molecule has 0 unspecified atom stereocenters. The van der Waals surface area contributed by atoms with Crippen LogP contribution in [0.2, 0.25) is 0 Å². The highest BCUT2D eigenvalue weighted by Gasteiger charge is 2.26. The number of carbonyl (C=O) groups is 1. The maximum absolute atomic E-state index is 13.1. The van der Waals surface area contributed by atoms with Gasteiger partial charge in [-0.25, -0.2) is 0 Å². The predicted molar refractivity (Wildman–Crippen MR) is 120 cm³/mol. The van der Waals surface area contributed by atoms with Crippen LogP contribution in [0.15, 0.2) is 42.5 Å². The summed E-state index contributed by atoms with van der Waals surface area (Å²) in [5, 5.41) is 13.7. The number of amides is 1. The molecule has 2 aliphatic heterocycles. The van der Waals surface area contributed by atoms with E-state index in [9.17, 15) is 9.90 Å². The molecule has 162 valence electrons. The normalized spacial score (nSPS) is 17.0. The first-order valence-electron chi connectivity index (χ1n) is 10.8. The van der Waals surface area contributed by atoms with Gasteiger partial charge in [-0.15, -0.1) is 0 Å². The Bertz CT molecular complexity index is 995. The van der Waals surface area contributed by atoms with Crippen LogP contribution < -0.4 is 10.1 Å². The average Bonchev–Trinajstić information content (AvgIpc) is 2.92. The summed E-state index contributed by atoms with van der Waals surface area (Å²) in [4.78, 5) is 17.0. The van der Waals surface area contributed by atoms with Crippen LogP contribution in [0, 0.1) is 11.8 Å². The number of fused-ring (bicyclic) bond motifs is 2. The first kappa shape index (κ1) is 21.4. The Kier molecular flexibility index (Phi) is 6.88. The Balaban J connectivity index is 1.38. The minimum atomic E-state index is -0.609. The zero-order valence-corrected chi connectivity index (χ0v) is 17.9. The largest absolute Gasteiger partial charge is 0.491 e. The molecule has 0 aliphatic carbocycles. The quantitative estimate of drug-likeness (QED) is 0.720. The Morgan fingerprint density at radius 1 is 1.16 bits per heavy atom. The number of β-amino-alcohol motifs (C(OH)–C–C–N with tert-alkyl or cyclic N) is 1. The number of carbonyl (C=O) groups excluding carboxylic acids is 1. The molecule has 0 bridgehead atoms. The molecule has 4 rings (SSSR count). The molecular weight excluding hydrogens is 390 g/mol. The minimum absolute atomic E-state index is 0.106. The number of hydrogen-bond donors (Lipinski definition) is 2. The van der Waals surface area contributed by atoms with Gasteiger partial charge in [0.05, 0.1) is 24.8 Å². The van der Waals surface area contributed by atoms with Crippen molar-refractivity contribution in [1.29, 1.82) is 0 Å². The molecule has 2 aromatic rings. The molecular formula is C25H29N3O3. The van der Waals surface area contributed by atoms with Crippen molar-refractivity contribution in [3.63, 3.8) is 0 Å². The van der Waals surface area contributed by atoms with Crippen LogP contribution in [0.4, 0.5) is 0 Å². The summed E-state index contributed by atoms with van der Waals surface area (Å²) in [5.41, 5.74) is 4.05. The Hall–Kier alpha value is -2.85. The van der Waals surface area contributed by atoms with E-state index in [2.05, 4.69) is 46.3 Å². The summed E-state index contributed by atoms with van der Waals surface area (Å²) in [6.07, 6.45) is 0.384. The molecule has 0 saturated carbocycles. The van der Waals surface area contributed by atoms with Gasteiger partial charge in [-0.05, 0) is 42.8 Å². The van der Waals surface area contributed by atoms with Gasteiger partial charge in [-0.3, -0.25) is 9.69 Å². The maximum atomic E-state index is 13.1. The highest BCUT2D eigenvalue weighted by molar-refractivity contribution is 5.97. The fourth-order valence-electron chi connectivity index (χ4n) is 4.16. The number of hydrogen-bond acceptors (Lipinski definition) is 5. The van der Waals surface area contributed by atoms with Crippen molar-refractivity contribution in [1.82, 2.24) is 15.1 Å². The number of ether oxygens (including phenoxy) is 1. The fourth-order valence-corrected chi connectivity index (χ4v) is 4.16. The number of aliphatic hydroxyl groups is 1. The van der Waals surface area contributed by atoms with Crippen LogP contribution in [-0.2, 0) is 13.0 Å². The zero-order valence-electron chi connectivity index (χ0n) is 17.9. The van der Waals surface area contributed by atoms with Gasteiger partial charge in [-0.2, -0.15) is 0 Å². The third kappa shape index (κ3) is 5.26. The smallest absolute Gasteiger partial charge is 0.257 e. The third-order valence-corrected chi connectivity index (χ3v) is 5.73. The van der Waals surface area contributed by atoms with E-state index in [1.165, 1.54) is 11.1 Å². The van der Waals surface area contributed by atoms with Crippen LogP contribution >= 0.6 is 0 Å². The molecule has 2 aromatic carbocycles. The van der Waals surface area contributed by atoms with Crippen LogP contribution in [0.5, 0.6) is 5.75 Å². The summed E-state index contributed by atoms with van der Waals surface area (Å²) < 4.78 is 5.83. The summed E-state index contributed by atoms with van der Waals surface area (Å²) in [5.74, 6) is 6.53. The van der Waals surface area contributed by atoms with Crippen LogP contribution in [-0.4, -0.2) is 73.3 Å². The predicted octanol–water partition coefficient (Wildman–Crippen LogP) is 1.51. The molecule has 1 amide bonds. The van der Waals surface area contributed by atoms with Crippen LogP contribution in [0.25, 0.3) is 0 Å². The number of rotatable bonds is 5. The molecule has 2 aliphatic rings. The number of nitrogens with zero attached hydrogens (tertiary/aromatic N) is 2. The average molecular weight is 420 g/mol. The standard InChI is InChI=1S/C25H29N3O3/c1-26-11-4-5-19-8-9-23-24(15-19)31-14-13-28(25(23)30)18-22(29)17-27-12-10-20-6-2-3-7-21(20)16-27/h2-3,6-9,15,22,26,29H,10-14,16-18H2,1H3/t22-/m1/s1. The lowest BCUT2D eigenvalue weighted by atomic mass is 10.00. The Morgan fingerprint density at radius 3 is 2.84 bits per heavy atom. The second kappa shape index (κ2) is 9.97. The highest BCUT2D eigenvalue weighted by Crippen LogP contribution is 2.25. The van der Waals surface area contributed by atoms with Gasteiger partial charge in [0.25, 0.3) is 5.91 Å². The van der Waals surface area contributed by atoms with E-state index >= 15 is 0 Å². The third-order valence-electron chi connectivity index (χ3n) is 5.73. The molecule has 1 atom stereocenters. The van der Waals surface area contributed by atoms with E-state index in [0.717, 1.165) is 25.1 Å². The van der Waals surface area contributed by atoms with Crippen LogP contribution in [0.1, 0.15) is 27.0 Å². The number of aliphatic hydroxyl groups excluding tert-OH is 1. The van der Waals surface area contributed by atoms with Crippen molar-refractivity contribution in [2.45, 2.75) is 19.1 Å². The Labute approximate surface area is 183 Å². The summed E-state index contributed by atoms with van der Waals surface area (Å²) in [6, 6.07) is 13.9. The molecule has 2 N–H and O–H groups in total. The van der Waals surface area contributed by atoms with E-state index in [4.69, 9.17) is 4.74 Å². The molecule has 2 heterocycles. The monoisotopic (exact) mass is 419 g/mol. The topological polar surface area (TPSA) is 65.0 Å². The van der Waals surface area contributed by atoms with Crippen molar-refractivity contribution >= 4 is 5.91 Å². The van der Waals surface area contributed by atoms with Gasteiger partial charge < -0.3 is 20.1 Å². The molecule has 0 radical (unpaired) electrons. The van der Waals surface area contributed by atoms with Crippen LogP contribution in [0.3, 0.4) is 0 Å². The second-order valence-corrected chi connectivity index (χ2v) is 8.05. The van der Waals surface area contributed by atoms with E-state index in [1.54, 1.807) is 11.0 Å². The zero-order chi connectivity index (χ0) is 21.6. The van der Waals surface area contributed by atoms with Gasteiger partial charge >= 0.3 is 0 Å². The molecule has 0 fully saturated rings. The van der Waals surface area contributed by atoms with Crippen molar-refractivity contribution in [2.24, 2.45) is 0 Å². The minimum Gasteiger partial charge on any atom is -0.491 e. The van der Waals surface area contributed by atoms with Gasteiger partial charge in [-0.1, -0.05) is 36.1 Å². The fraction of sp³-hybridized carbons (Fsp3) is 0.400. The molecule has 31 heavy (non-hydrogen) atoms. The first-order valence-corrected chi connectivity index (χ1v) is 10.8. The molecule has 0 aromatic heterocycles. The lowest BCUT2D eigenvalue weighted by molar-refractivity contribution is 0.0501. The first-order chi connectivity index (χ1) is 15.1. The van der Waals surface area contributed by atoms with E-state index < -0.39 is 6.10 Å². The van der Waals surface area contributed by atoms with Crippen molar-refractivity contribution in [2.75, 3.05) is 46.4 Å². The highest BCUT2D eigenvalue weighted by atomic mass is 16.5. The van der Waals surface area contributed by atoms with Crippen molar-refractivity contribution in [3.05, 3.63) is 64.7 Å². The summed E-state index contributed by atoms with van der Waals surface area (Å²) in [7, 11) is 1.85. The SMILES string of the molecule is CNCC#Cc1ccc2c(c1)OCCN(C[C@H](O)CN1CCc3ccccc3C1)C2=O. The van der Waals surface area contributed by atoms with Crippen molar-refractivity contribution in [3.8, 4) is 17.6 Å². The molecule has 6 heteroatoms. The number of nitrogens with one attached hydrogen (secondary N) is 1. The van der Waals surface area contributed by atoms with E-state index in [-0.39, 0.29) is 5.91 Å². The van der Waals surface area contributed by atoms with Gasteiger partial charge in [0.2, 0.25) is 0 Å². The Morgan fingerprint density at radius 2 is 2.00 bits per heavy atom. The van der Waals surface area contributed by atoms with Gasteiger partial charge in [0.1, 0.15) is 12.4 Å². The second-order valence-electron chi connectivity index (χ2n) is 8.05. The maximum Gasteiger partial charge on any atom is 0.257 e. The summed E-state index contributed by atoms with van der Waals surface area (Å²) >= 11 is 0. The van der Waals surface area contributed by atoms with E-state index in [0.29, 0.717) is 44.1 Å². The molecule has 6 nitrogen and oxygen atoms in total. The van der Waals surface area contributed by atoms with Gasteiger partial charge in [0, 0.05) is 31.7 Å². The van der Waals surface area contributed by atoms with Gasteiger partial charge in [0.15, 0.2) is 0 Å². The lowest BCUT2D eigenvalue weighted by Crippen LogP contribution is -2.44.